The van der Waals surface area contributed by atoms with Crippen molar-refractivity contribution in [3.63, 3.8) is 0 Å². The molecule has 2 amide bonds. The van der Waals surface area contributed by atoms with E-state index in [4.69, 9.17) is 11.6 Å². The number of carbonyl (C=O) groups is 2. The molecule has 154 valence electrons. The number of benzene rings is 3. The standard InChI is InChI=1S/C22H13ClN2O4S2/c23-15-7-9-17(10-8-15)30-19-11-6-14(12-18(19)25(28)29)13-20-21(26)24(22(27)31-20)16-4-2-1-3-5-16/h1-13H/b20-13+. The monoisotopic (exact) mass is 468 g/mol. The summed E-state index contributed by atoms with van der Waals surface area (Å²) in [5, 5.41) is 11.8. The summed E-state index contributed by atoms with van der Waals surface area (Å²) < 4.78 is 0. The number of anilines is 1. The van der Waals surface area contributed by atoms with Crippen molar-refractivity contribution in [1.29, 1.82) is 0 Å². The van der Waals surface area contributed by atoms with Crippen LogP contribution in [-0.4, -0.2) is 16.1 Å². The quantitative estimate of drug-likeness (QED) is 0.237. The summed E-state index contributed by atoms with van der Waals surface area (Å²) in [4.78, 5) is 38.8. The van der Waals surface area contributed by atoms with Crippen molar-refractivity contribution in [3.05, 3.63) is 98.4 Å². The number of nitro benzene ring substituents is 1. The van der Waals surface area contributed by atoms with Gasteiger partial charge in [0, 0.05) is 16.0 Å². The molecule has 0 bridgehead atoms. The molecule has 9 heteroatoms. The van der Waals surface area contributed by atoms with Crippen molar-refractivity contribution in [3.8, 4) is 0 Å². The molecule has 0 aliphatic carbocycles. The number of para-hydroxylation sites is 1. The molecule has 0 unspecified atom stereocenters. The number of amides is 2. The van der Waals surface area contributed by atoms with Gasteiger partial charge in [0.05, 0.1) is 20.4 Å². The Morgan fingerprint density at radius 1 is 1.00 bits per heavy atom. The smallest absolute Gasteiger partial charge is 0.268 e. The molecule has 4 rings (SSSR count). The number of carbonyl (C=O) groups excluding carboxylic acids is 2. The molecule has 0 spiro atoms. The van der Waals surface area contributed by atoms with Crippen LogP contribution < -0.4 is 4.90 Å². The van der Waals surface area contributed by atoms with Gasteiger partial charge in [-0.15, -0.1) is 0 Å². The van der Waals surface area contributed by atoms with Crippen molar-refractivity contribution < 1.29 is 14.5 Å². The van der Waals surface area contributed by atoms with E-state index in [1.54, 1.807) is 66.7 Å². The molecule has 1 aliphatic heterocycles. The summed E-state index contributed by atoms with van der Waals surface area (Å²) in [5.74, 6) is -0.455. The minimum absolute atomic E-state index is 0.0870. The SMILES string of the molecule is O=C1S/C(=C/c2ccc(Sc3ccc(Cl)cc3)c([N+](=O)[O-])c2)C(=O)N1c1ccccc1. The van der Waals surface area contributed by atoms with E-state index in [9.17, 15) is 19.7 Å². The second kappa shape index (κ2) is 8.97. The molecular formula is C22H13ClN2O4S2. The molecule has 1 aliphatic rings. The lowest BCUT2D eigenvalue weighted by molar-refractivity contribution is -0.387. The number of thioether (sulfide) groups is 1. The molecule has 3 aromatic carbocycles. The zero-order valence-electron chi connectivity index (χ0n) is 15.7. The van der Waals surface area contributed by atoms with Gasteiger partial charge < -0.3 is 0 Å². The fraction of sp³-hybridized carbons (Fsp3) is 0. The minimum Gasteiger partial charge on any atom is -0.268 e. The van der Waals surface area contributed by atoms with Gasteiger partial charge in [-0.2, -0.15) is 0 Å². The fourth-order valence-electron chi connectivity index (χ4n) is 2.90. The van der Waals surface area contributed by atoms with E-state index in [0.717, 1.165) is 21.6 Å². The van der Waals surface area contributed by atoms with Gasteiger partial charge >= 0.3 is 0 Å². The minimum atomic E-state index is -0.467. The first-order valence-electron chi connectivity index (χ1n) is 8.97. The Morgan fingerprint density at radius 2 is 1.71 bits per heavy atom. The van der Waals surface area contributed by atoms with Gasteiger partial charge in [0.15, 0.2) is 0 Å². The van der Waals surface area contributed by atoms with E-state index < -0.39 is 16.1 Å². The van der Waals surface area contributed by atoms with Gasteiger partial charge in [-0.3, -0.25) is 19.7 Å². The van der Waals surface area contributed by atoms with Gasteiger partial charge in [-0.1, -0.05) is 47.6 Å². The first-order valence-corrected chi connectivity index (χ1v) is 11.0. The number of hydrogen-bond acceptors (Lipinski definition) is 6. The molecule has 0 atom stereocenters. The van der Waals surface area contributed by atoms with Crippen LogP contribution in [0.25, 0.3) is 6.08 Å². The molecule has 0 radical (unpaired) electrons. The lowest BCUT2D eigenvalue weighted by Gasteiger charge is -2.11. The zero-order chi connectivity index (χ0) is 22.0. The average molecular weight is 469 g/mol. The Balaban J connectivity index is 1.63. The Morgan fingerprint density at radius 3 is 2.39 bits per heavy atom. The first kappa shape index (κ1) is 21.2. The molecule has 1 fully saturated rings. The summed E-state index contributed by atoms with van der Waals surface area (Å²) in [6, 6.07) is 20.3. The van der Waals surface area contributed by atoms with Crippen LogP contribution in [0.1, 0.15) is 5.56 Å². The molecule has 0 aromatic heterocycles. The highest BCUT2D eigenvalue weighted by Crippen LogP contribution is 2.38. The lowest BCUT2D eigenvalue weighted by Crippen LogP contribution is -2.27. The Hall–Kier alpha value is -3.07. The fourth-order valence-corrected chi connectivity index (χ4v) is 4.77. The summed E-state index contributed by atoms with van der Waals surface area (Å²) in [6.45, 7) is 0. The molecular weight excluding hydrogens is 456 g/mol. The van der Waals surface area contributed by atoms with Crippen LogP contribution in [0.3, 0.4) is 0 Å². The molecule has 3 aromatic rings. The second-order valence-electron chi connectivity index (χ2n) is 6.39. The van der Waals surface area contributed by atoms with Crippen LogP contribution in [-0.2, 0) is 4.79 Å². The maximum Gasteiger partial charge on any atom is 0.298 e. The van der Waals surface area contributed by atoms with Crippen molar-refractivity contribution >= 4 is 63.7 Å². The van der Waals surface area contributed by atoms with Crippen molar-refractivity contribution in [2.75, 3.05) is 4.90 Å². The van der Waals surface area contributed by atoms with E-state index >= 15 is 0 Å². The van der Waals surface area contributed by atoms with Crippen LogP contribution in [0.4, 0.5) is 16.2 Å². The summed E-state index contributed by atoms with van der Waals surface area (Å²) >= 11 is 7.94. The Kier molecular flexibility index (Phi) is 6.13. The molecule has 6 nitrogen and oxygen atoms in total. The zero-order valence-corrected chi connectivity index (χ0v) is 18.1. The Bertz CT molecular complexity index is 1210. The number of halogens is 1. The van der Waals surface area contributed by atoms with Crippen LogP contribution >= 0.6 is 35.1 Å². The van der Waals surface area contributed by atoms with Crippen molar-refractivity contribution in [2.45, 2.75) is 9.79 Å². The summed E-state index contributed by atoms with van der Waals surface area (Å²) in [7, 11) is 0. The van der Waals surface area contributed by atoms with Crippen LogP contribution in [0.15, 0.2) is 87.5 Å². The highest BCUT2D eigenvalue weighted by atomic mass is 35.5. The van der Waals surface area contributed by atoms with Gasteiger partial charge in [0.25, 0.3) is 16.8 Å². The Labute approximate surface area is 191 Å². The molecule has 0 N–H and O–H groups in total. The number of hydrogen-bond donors (Lipinski definition) is 0. The normalized spacial score (nSPS) is 15.0. The third-order valence-corrected chi connectivity index (χ3v) is 6.52. The van der Waals surface area contributed by atoms with Crippen LogP contribution in [0, 0.1) is 10.1 Å². The highest BCUT2D eigenvalue weighted by molar-refractivity contribution is 8.19. The predicted molar refractivity (Wildman–Crippen MR) is 124 cm³/mol. The number of rotatable bonds is 5. The number of imide groups is 1. The molecule has 31 heavy (non-hydrogen) atoms. The van der Waals surface area contributed by atoms with E-state index in [2.05, 4.69) is 0 Å². The van der Waals surface area contributed by atoms with Crippen LogP contribution in [0.5, 0.6) is 0 Å². The second-order valence-corrected chi connectivity index (χ2v) is 8.94. The van der Waals surface area contributed by atoms with E-state index in [1.165, 1.54) is 23.9 Å². The van der Waals surface area contributed by atoms with E-state index in [0.29, 0.717) is 21.2 Å². The third-order valence-electron chi connectivity index (χ3n) is 4.33. The van der Waals surface area contributed by atoms with Gasteiger partial charge in [-0.05, 0) is 65.9 Å². The van der Waals surface area contributed by atoms with Gasteiger partial charge in [0.2, 0.25) is 0 Å². The van der Waals surface area contributed by atoms with E-state index in [-0.39, 0.29) is 10.6 Å². The first-order chi connectivity index (χ1) is 14.9. The molecule has 1 saturated heterocycles. The predicted octanol–water partition coefficient (Wildman–Crippen LogP) is 6.64. The van der Waals surface area contributed by atoms with Crippen LogP contribution in [0.2, 0.25) is 5.02 Å². The topological polar surface area (TPSA) is 80.5 Å². The third kappa shape index (κ3) is 4.66. The van der Waals surface area contributed by atoms with Gasteiger partial charge in [0.1, 0.15) is 0 Å². The number of nitrogens with zero attached hydrogens (tertiary/aromatic N) is 2. The number of nitro groups is 1. The maximum atomic E-state index is 12.7. The summed E-state index contributed by atoms with van der Waals surface area (Å²) in [6.07, 6.45) is 1.50. The van der Waals surface area contributed by atoms with Crippen molar-refractivity contribution in [1.82, 2.24) is 0 Å². The summed E-state index contributed by atoms with van der Waals surface area (Å²) in [5.41, 5.74) is 0.857. The highest BCUT2D eigenvalue weighted by Gasteiger charge is 2.36. The molecule has 0 saturated carbocycles. The molecule has 1 heterocycles. The van der Waals surface area contributed by atoms with E-state index in [1.807, 2.05) is 0 Å². The van der Waals surface area contributed by atoms with Gasteiger partial charge in [-0.25, -0.2) is 4.90 Å². The maximum absolute atomic E-state index is 12.7. The average Bonchev–Trinajstić information content (AvgIpc) is 3.04. The lowest BCUT2D eigenvalue weighted by atomic mass is 10.2. The largest absolute Gasteiger partial charge is 0.298 e. The van der Waals surface area contributed by atoms with Crippen molar-refractivity contribution in [2.24, 2.45) is 0 Å².